The lowest BCUT2D eigenvalue weighted by Gasteiger charge is -2.27. The number of hydrogen-bond donors (Lipinski definition) is 4. The van der Waals surface area contributed by atoms with Crippen LogP contribution in [0.1, 0.15) is 39.2 Å². The van der Waals surface area contributed by atoms with E-state index in [1.54, 1.807) is 20.8 Å². The molecule has 1 aliphatic rings. The van der Waals surface area contributed by atoms with Gasteiger partial charge < -0.3 is 25.8 Å². The fourth-order valence-corrected chi connectivity index (χ4v) is 3.74. The van der Waals surface area contributed by atoms with Gasteiger partial charge in [-0.2, -0.15) is 0 Å². The molecule has 0 bridgehead atoms. The zero-order valence-electron chi connectivity index (χ0n) is 18.5. The number of nitrogens with one attached hydrogen (secondary N) is 3. The van der Waals surface area contributed by atoms with Gasteiger partial charge in [-0.05, 0) is 56.5 Å². The molecular formula is C24H33N3O4. The second-order valence-corrected chi connectivity index (χ2v) is 9.11. The van der Waals surface area contributed by atoms with E-state index in [9.17, 15) is 14.7 Å². The summed E-state index contributed by atoms with van der Waals surface area (Å²) in [6.45, 7) is 6.57. The number of amides is 2. The molecule has 168 valence electrons. The molecule has 7 heteroatoms. The summed E-state index contributed by atoms with van der Waals surface area (Å²) in [6.07, 6.45) is 0.536. The zero-order valence-corrected chi connectivity index (χ0v) is 18.5. The van der Waals surface area contributed by atoms with Gasteiger partial charge in [0.1, 0.15) is 11.6 Å². The van der Waals surface area contributed by atoms with Crippen molar-refractivity contribution in [1.82, 2.24) is 16.0 Å². The first-order valence-electron chi connectivity index (χ1n) is 10.9. The maximum atomic E-state index is 13.1. The molecule has 1 heterocycles. The highest BCUT2D eigenvalue weighted by Gasteiger charge is 2.29. The summed E-state index contributed by atoms with van der Waals surface area (Å²) < 4.78 is 5.37. The number of hydrogen-bond acceptors (Lipinski definition) is 5. The van der Waals surface area contributed by atoms with Gasteiger partial charge in [0, 0.05) is 13.0 Å². The number of β-amino-alcohol motifs (C(OH)–C–C–N with tert-alkyl or cyclic N) is 1. The topological polar surface area (TPSA) is 99.7 Å². The van der Waals surface area contributed by atoms with Gasteiger partial charge in [0.05, 0.1) is 12.1 Å². The standard InChI is InChI=1S/C24H33N3O4/c1-24(2,3)31-23(30)27-20(22(29)26-19-9-6-12-25-15-21(19)28)14-16-10-11-17-7-4-5-8-18(17)13-16/h4-5,7-8,10-11,13,19-21,25,28H,6,9,12,14-15H2,1-3H3,(H,26,29)(H,27,30)/t19?,20?,21-/m0/s1. The van der Waals surface area contributed by atoms with Crippen molar-refractivity contribution in [1.29, 1.82) is 0 Å². The summed E-state index contributed by atoms with van der Waals surface area (Å²) in [5.41, 5.74) is 0.259. The number of aliphatic hydroxyl groups excluding tert-OH is 1. The van der Waals surface area contributed by atoms with E-state index in [-0.39, 0.29) is 11.9 Å². The lowest BCUT2D eigenvalue weighted by molar-refractivity contribution is -0.124. The van der Waals surface area contributed by atoms with Crippen molar-refractivity contribution in [2.75, 3.05) is 13.1 Å². The minimum atomic E-state index is -0.820. The maximum Gasteiger partial charge on any atom is 0.408 e. The quantitative estimate of drug-likeness (QED) is 0.588. The highest BCUT2D eigenvalue weighted by molar-refractivity contribution is 5.87. The first-order chi connectivity index (χ1) is 14.7. The predicted octanol–water partition coefficient (Wildman–Crippen LogP) is 2.50. The van der Waals surface area contributed by atoms with E-state index in [0.717, 1.165) is 29.3 Å². The summed E-state index contributed by atoms with van der Waals surface area (Å²) in [6, 6.07) is 12.8. The monoisotopic (exact) mass is 427 g/mol. The molecule has 1 saturated heterocycles. The molecule has 31 heavy (non-hydrogen) atoms. The second kappa shape index (κ2) is 10.1. The first kappa shape index (κ1) is 23.0. The van der Waals surface area contributed by atoms with E-state index in [0.29, 0.717) is 19.4 Å². The fourth-order valence-electron chi connectivity index (χ4n) is 3.74. The molecule has 1 fully saturated rings. The number of carbonyl (C=O) groups excluding carboxylic acids is 2. The third-order valence-corrected chi connectivity index (χ3v) is 5.28. The van der Waals surface area contributed by atoms with Crippen LogP contribution in [0.5, 0.6) is 0 Å². The van der Waals surface area contributed by atoms with Crippen LogP contribution in [0.2, 0.25) is 0 Å². The average Bonchev–Trinajstić information content (AvgIpc) is 2.90. The molecule has 0 spiro atoms. The van der Waals surface area contributed by atoms with Crippen molar-refractivity contribution in [2.24, 2.45) is 0 Å². The number of aliphatic hydroxyl groups is 1. The number of alkyl carbamates (subject to hydrolysis) is 1. The molecule has 4 N–H and O–H groups in total. The summed E-state index contributed by atoms with van der Waals surface area (Å²) in [4.78, 5) is 25.5. The second-order valence-electron chi connectivity index (χ2n) is 9.11. The Kier molecular flexibility index (Phi) is 7.51. The molecule has 7 nitrogen and oxygen atoms in total. The largest absolute Gasteiger partial charge is 0.444 e. The lowest BCUT2D eigenvalue weighted by atomic mass is 10.00. The van der Waals surface area contributed by atoms with E-state index >= 15 is 0 Å². The molecule has 2 aromatic carbocycles. The van der Waals surface area contributed by atoms with Gasteiger partial charge in [-0.3, -0.25) is 4.79 Å². The Bertz CT molecular complexity index is 909. The average molecular weight is 428 g/mol. The van der Waals surface area contributed by atoms with Crippen LogP contribution in [0, 0.1) is 0 Å². The zero-order chi connectivity index (χ0) is 22.4. The molecule has 3 atom stereocenters. The molecule has 0 saturated carbocycles. The van der Waals surface area contributed by atoms with Crippen LogP contribution >= 0.6 is 0 Å². The Morgan fingerprint density at radius 3 is 2.68 bits per heavy atom. The Morgan fingerprint density at radius 1 is 1.19 bits per heavy atom. The van der Waals surface area contributed by atoms with E-state index in [1.165, 1.54) is 0 Å². The molecule has 0 aliphatic carbocycles. The van der Waals surface area contributed by atoms with Gasteiger partial charge in [-0.15, -0.1) is 0 Å². The summed E-state index contributed by atoms with van der Waals surface area (Å²) >= 11 is 0. The molecule has 2 unspecified atom stereocenters. The van der Waals surface area contributed by atoms with Gasteiger partial charge in [0.2, 0.25) is 5.91 Å². The van der Waals surface area contributed by atoms with Crippen molar-refractivity contribution in [3.05, 3.63) is 48.0 Å². The van der Waals surface area contributed by atoms with Gasteiger partial charge in [-0.1, -0.05) is 42.5 Å². The summed E-state index contributed by atoms with van der Waals surface area (Å²) in [7, 11) is 0. The Morgan fingerprint density at radius 2 is 1.94 bits per heavy atom. The molecule has 2 amide bonds. The molecule has 1 aliphatic heterocycles. The Labute approximate surface area is 183 Å². The number of carbonyl (C=O) groups is 2. The number of benzene rings is 2. The van der Waals surface area contributed by atoms with E-state index in [4.69, 9.17) is 4.74 Å². The Hall–Kier alpha value is -2.64. The molecule has 0 aromatic heterocycles. The van der Waals surface area contributed by atoms with Crippen LogP contribution in [-0.2, 0) is 16.0 Å². The maximum absolute atomic E-state index is 13.1. The van der Waals surface area contributed by atoms with Gasteiger partial charge in [0.25, 0.3) is 0 Å². The van der Waals surface area contributed by atoms with Crippen molar-refractivity contribution in [2.45, 2.75) is 63.8 Å². The van der Waals surface area contributed by atoms with Crippen molar-refractivity contribution in [3.63, 3.8) is 0 Å². The summed E-state index contributed by atoms with van der Waals surface area (Å²) in [5, 5.41) is 21.3. The first-order valence-corrected chi connectivity index (χ1v) is 10.9. The van der Waals surface area contributed by atoms with Crippen molar-refractivity contribution < 1.29 is 19.4 Å². The van der Waals surface area contributed by atoms with Gasteiger partial charge >= 0.3 is 6.09 Å². The van der Waals surface area contributed by atoms with Gasteiger partial charge in [0.15, 0.2) is 0 Å². The number of ether oxygens (including phenoxy) is 1. The van der Waals surface area contributed by atoms with Crippen LogP contribution in [0.25, 0.3) is 10.8 Å². The van der Waals surface area contributed by atoms with Crippen LogP contribution in [-0.4, -0.2) is 54.0 Å². The Balaban J connectivity index is 1.77. The molecule has 0 radical (unpaired) electrons. The minimum absolute atomic E-state index is 0.316. The van der Waals surface area contributed by atoms with Crippen molar-refractivity contribution >= 4 is 22.8 Å². The highest BCUT2D eigenvalue weighted by atomic mass is 16.6. The van der Waals surface area contributed by atoms with Crippen LogP contribution < -0.4 is 16.0 Å². The number of fused-ring (bicyclic) bond motifs is 1. The van der Waals surface area contributed by atoms with Crippen LogP contribution in [0.4, 0.5) is 4.79 Å². The smallest absolute Gasteiger partial charge is 0.408 e. The molecular weight excluding hydrogens is 394 g/mol. The fraction of sp³-hybridized carbons (Fsp3) is 0.500. The lowest BCUT2D eigenvalue weighted by Crippen LogP contribution is -2.54. The van der Waals surface area contributed by atoms with Gasteiger partial charge in [-0.25, -0.2) is 4.79 Å². The number of rotatable bonds is 5. The van der Waals surface area contributed by atoms with Crippen molar-refractivity contribution in [3.8, 4) is 0 Å². The van der Waals surface area contributed by atoms with E-state index < -0.39 is 23.8 Å². The normalized spacial score (nSPS) is 20.5. The SMILES string of the molecule is CC(C)(C)OC(=O)NC(Cc1ccc2ccccc2c1)C(=O)NC1CCCNC[C@@H]1O. The third kappa shape index (κ3) is 6.94. The molecule has 2 aromatic rings. The predicted molar refractivity (Wildman–Crippen MR) is 121 cm³/mol. The molecule has 3 rings (SSSR count). The van der Waals surface area contributed by atoms with Crippen LogP contribution in [0.15, 0.2) is 42.5 Å². The van der Waals surface area contributed by atoms with E-state index in [2.05, 4.69) is 16.0 Å². The van der Waals surface area contributed by atoms with Crippen LogP contribution in [0.3, 0.4) is 0 Å². The third-order valence-electron chi connectivity index (χ3n) is 5.28. The highest BCUT2D eigenvalue weighted by Crippen LogP contribution is 2.17. The van der Waals surface area contributed by atoms with E-state index in [1.807, 2.05) is 42.5 Å². The minimum Gasteiger partial charge on any atom is -0.444 e. The summed E-state index contributed by atoms with van der Waals surface area (Å²) in [5.74, 6) is -0.329.